The van der Waals surface area contributed by atoms with Crippen LogP contribution in [0.1, 0.15) is 26.3 Å². The maximum atomic E-state index is 5.20. The van der Waals surface area contributed by atoms with Gasteiger partial charge in [-0.2, -0.15) is 0 Å². The molecule has 1 nitrogen and oxygen atoms in total. The summed E-state index contributed by atoms with van der Waals surface area (Å²) in [7, 11) is 4.46. The van der Waals surface area contributed by atoms with Gasteiger partial charge in [0.25, 0.3) is 0 Å². The summed E-state index contributed by atoms with van der Waals surface area (Å²) in [6.07, 6.45) is 0. The first-order valence-corrected chi connectivity index (χ1v) is 4.97. The van der Waals surface area contributed by atoms with Crippen LogP contribution in [0, 0.1) is 0 Å². The standard InChI is InChI=1S/C11H17OP.2ClH/c1-11(2,3)9-7-8(12-4)5-6-10(9)13;;/h5-7H,13H2,1-4H3;2*1H. The largest absolute Gasteiger partial charge is 0.497 e. The third-order valence-electron chi connectivity index (χ3n) is 2.07. The van der Waals surface area contributed by atoms with Crippen LogP contribution >= 0.6 is 34.1 Å². The summed E-state index contributed by atoms with van der Waals surface area (Å²) in [6, 6.07) is 6.16. The Bertz CT molecular complexity index is 308. The highest BCUT2D eigenvalue weighted by molar-refractivity contribution is 7.27. The second-order valence-electron chi connectivity index (χ2n) is 4.20. The van der Waals surface area contributed by atoms with Gasteiger partial charge in [0.2, 0.25) is 0 Å². The van der Waals surface area contributed by atoms with Crippen molar-refractivity contribution in [1.29, 1.82) is 0 Å². The van der Waals surface area contributed by atoms with Crippen molar-refractivity contribution < 1.29 is 4.74 Å². The molecular weight excluding hydrogens is 250 g/mol. The van der Waals surface area contributed by atoms with Gasteiger partial charge in [-0.1, -0.05) is 26.8 Å². The van der Waals surface area contributed by atoms with Gasteiger partial charge in [0.15, 0.2) is 0 Å². The van der Waals surface area contributed by atoms with Crippen molar-refractivity contribution in [3.63, 3.8) is 0 Å². The molecule has 1 atom stereocenters. The molecule has 1 aromatic carbocycles. The second kappa shape index (κ2) is 6.58. The van der Waals surface area contributed by atoms with Crippen molar-refractivity contribution in [1.82, 2.24) is 0 Å². The Morgan fingerprint density at radius 3 is 2.07 bits per heavy atom. The maximum absolute atomic E-state index is 5.20. The van der Waals surface area contributed by atoms with E-state index in [0.717, 1.165) is 5.75 Å². The predicted octanol–water partition coefficient (Wildman–Crippen LogP) is 3.34. The van der Waals surface area contributed by atoms with E-state index >= 15 is 0 Å². The normalized spacial score (nSPS) is 9.93. The van der Waals surface area contributed by atoms with Crippen LogP contribution in [0.25, 0.3) is 0 Å². The summed E-state index contributed by atoms with van der Waals surface area (Å²) in [6.45, 7) is 6.61. The third kappa shape index (κ3) is 4.59. The van der Waals surface area contributed by atoms with E-state index in [9.17, 15) is 0 Å². The van der Waals surface area contributed by atoms with Crippen LogP contribution in [-0.4, -0.2) is 7.11 Å². The molecule has 1 aromatic rings. The number of ether oxygens (including phenoxy) is 1. The molecule has 0 N–H and O–H groups in total. The molecule has 1 unspecified atom stereocenters. The average molecular weight is 269 g/mol. The highest BCUT2D eigenvalue weighted by atomic mass is 35.5. The monoisotopic (exact) mass is 268 g/mol. The molecule has 0 saturated heterocycles. The molecule has 4 heteroatoms. The lowest BCUT2D eigenvalue weighted by Gasteiger charge is -2.22. The molecule has 0 bridgehead atoms. The van der Waals surface area contributed by atoms with Gasteiger partial charge in [0, 0.05) is 0 Å². The fourth-order valence-corrected chi connectivity index (χ4v) is 1.92. The van der Waals surface area contributed by atoms with Gasteiger partial charge < -0.3 is 4.74 Å². The van der Waals surface area contributed by atoms with E-state index in [2.05, 4.69) is 42.1 Å². The summed E-state index contributed by atoms with van der Waals surface area (Å²) in [5.74, 6) is 0.927. The molecular formula is C11H19Cl2OP. The van der Waals surface area contributed by atoms with Crippen LogP contribution in [0.15, 0.2) is 18.2 Å². The molecule has 0 aliphatic heterocycles. The van der Waals surface area contributed by atoms with Gasteiger partial charge in [-0.25, -0.2) is 0 Å². The fourth-order valence-electron chi connectivity index (χ4n) is 1.31. The number of methoxy groups -OCH3 is 1. The minimum Gasteiger partial charge on any atom is -0.497 e. The lowest BCUT2D eigenvalue weighted by molar-refractivity contribution is 0.413. The minimum absolute atomic E-state index is 0. The van der Waals surface area contributed by atoms with Crippen LogP contribution < -0.4 is 10.0 Å². The highest BCUT2D eigenvalue weighted by Crippen LogP contribution is 2.25. The fraction of sp³-hybridized carbons (Fsp3) is 0.455. The van der Waals surface area contributed by atoms with E-state index in [-0.39, 0.29) is 30.2 Å². The van der Waals surface area contributed by atoms with Crippen LogP contribution in [0.5, 0.6) is 5.75 Å². The van der Waals surface area contributed by atoms with Crippen LogP contribution in [0.2, 0.25) is 0 Å². The molecule has 0 amide bonds. The Labute approximate surface area is 107 Å². The predicted molar refractivity (Wildman–Crippen MR) is 75.5 cm³/mol. The van der Waals surface area contributed by atoms with Crippen LogP contribution in [-0.2, 0) is 5.41 Å². The molecule has 0 aliphatic carbocycles. The molecule has 0 radical (unpaired) electrons. The first-order chi connectivity index (χ1) is 5.95. The first-order valence-electron chi connectivity index (χ1n) is 4.39. The third-order valence-corrected chi connectivity index (χ3v) is 2.57. The average Bonchev–Trinajstić information content (AvgIpc) is 2.03. The van der Waals surface area contributed by atoms with E-state index in [1.54, 1.807) is 7.11 Å². The highest BCUT2D eigenvalue weighted by Gasteiger charge is 2.16. The molecule has 0 aliphatic rings. The SMILES string of the molecule is COc1ccc(P)c(C(C)(C)C)c1.Cl.Cl. The van der Waals surface area contributed by atoms with Gasteiger partial charge >= 0.3 is 0 Å². The maximum Gasteiger partial charge on any atom is 0.119 e. The zero-order valence-corrected chi connectivity index (χ0v) is 12.3. The smallest absolute Gasteiger partial charge is 0.119 e. The lowest BCUT2D eigenvalue weighted by atomic mass is 9.87. The molecule has 1 rings (SSSR count). The van der Waals surface area contributed by atoms with Gasteiger partial charge in [-0.3, -0.25) is 0 Å². The number of rotatable bonds is 1. The molecule has 88 valence electrons. The Kier molecular flexibility index (Phi) is 7.64. The van der Waals surface area contributed by atoms with Crippen LogP contribution in [0.4, 0.5) is 0 Å². The van der Waals surface area contributed by atoms with Crippen molar-refractivity contribution in [2.45, 2.75) is 26.2 Å². The summed E-state index contributed by atoms with van der Waals surface area (Å²) >= 11 is 0. The summed E-state index contributed by atoms with van der Waals surface area (Å²) in [5, 5.41) is 1.24. The second-order valence-corrected chi connectivity index (χ2v) is 4.83. The van der Waals surface area contributed by atoms with Crippen molar-refractivity contribution >= 4 is 39.4 Å². The Hall–Kier alpha value is 0.0300. The van der Waals surface area contributed by atoms with Gasteiger partial charge in [0.05, 0.1) is 7.11 Å². The lowest BCUT2D eigenvalue weighted by Crippen LogP contribution is -2.18. The van der Waals surface area contributed by atoms with E-state index < -0.39 is 0 Å². The number of benzene rings is 1. The topological polar surface area (TPSA) is 9.23 Å². The van der Waals surface area contributed by atoms with Gasteiger partial charge in [-0.15, -0.1) is 34.1 Å². The zero-order valence-electron chi connectivity index (χ0n) is 9.53. The summed E-state index contributed by atoms with van der Waals surface area (Å²) < 4.78 is 5.20. The molecule has 0 aromatic heterocycles. The summed E-state index contributed by atoms with van der Waals surface area (Å²) in [5.41, 5.74) is 1.49. The van der Waals surface area contributed by atoms with E-state index in [1.165, 1.54) is 10.9 Å². The van der Waals surface area contributed by atoms with Gasteiger partial charge in [-0.05, 0) is 28.4 Å². The Morgan fingerprint density at radius 2 is 1.67 bits per heavy atom. The van der Waals surface area contributed by atoms with E-state index in [0.29, 0.717) is 0 Å². The molecule has 0 spiro atoms. The molecule has 15 heavy (non-hydrogen) atoms. The van der Waals surface area contributed by atoms with Crippen molar-refractivity contribution in [2.24, 2.45) is 0 Å². The van der Waals surface area contributed by atoms with Gasteiger partial charge in [0.1, 0.15) is 5.75 Å². The minimum atomic E-state index is 0. The van der Waals surface area contributed by atoms with E-state index in [1.807, 2.05) is 6.07 Å². The number of hydrogen-bond acceptors (Lipinski definition) is 1. The molecule has 0 heterocycles. The summed E-state index contributed by atoms with van der Waals surface area (Å²) in [4.78, 5) is 0. The van der Waals surface area contributed by atoms with Crippen molar-refractivity contribution in [3.05, 3.63) is 23.8 Å². The Morgan fingerprint density at radius 1 is 1.13 bits per heavy atom. The quantitative estimate of drug-likeness (QED) is 0.710. The van der Waals surface area contributed by atoms with E-state index in [4.69, 9.17) is 4.74 Å². The zero-order chi connectivity index (χ0) is 10.1. The number of halogens is 2. The molecule has 0 fully saturated rings. The van der Waals surface area contributed by atoms with Crippen LogP contribution in [0.3, 0.4) is 0 Å². The molecule has 0 saturated carbocycles. The Balaban J connectivity index is 0. The number of hydrogen-bond donors (Lipinski definition) is 0. The first kappa shape index (κ1) is 17.4. The van der Waals surface area contributed by atoms with Crippen molar-refractivity contribution in [2.75, 3.05) is 7.11 Å². The van der Waals surface area contributed by atoms with Crippen molar-refractivity contribution in [3.8, 4) is 5.75 Å².